The van der Waals surface area contributed by atoms with E-state index in [-0.39, 0.29) is 11.6 Å². The van der Waals surface area contributed by atoms with Crippen molar-refractivity contribution in [3.8, 4) is 0 Å². The van der Waals surface area contributed by atoms with E-state index in [0.29, 0.717) is 17.7 Å². The molecule has 1 aliphatic rings. The van der Waals surface area contributed by atoms with Gasteiger partial charge in [-0.25, -0.2) is 0 Å². The molecule has 0 aliphatic carbocycles. The minimum absolute atomic E-state index is 0.0252. The monoisotopic (exact) mass is 472 g/mol. The Bertz CT molecular complexity index is 1150. The number of amides is 1. The number of alkyl halides is 3. The molecule has 1 aliphatic heterocycles. The Balaban J connectivity index is 1.34. The van der Waals surface area contributed by atoms with Gasteiger partial charge >= 0.3 is 12.0 Å². The van der Waals surface area contributed by atoms with Crippen molar-refractivity contribution in [3.05, 3.63) is 95.6 Å². The van der Waals surface area contributed by atoms with Gasteiger partial charge in [-0.2, -0.15) is 13.2 Å². The van der Waals surface area contributed by atoms with Gasteiger partial charge in [-0.3, -0.25) is 4.79 Å². The van der Waals surface area contributed by atoms with Crippen molar-refractivity contribution in [2.45, 2.75) is 34.7 Å². The summed E-state index contributed by atoms with van der Waals surface area (Å²) in [5.74, 6) is -3.46. The third-order valence-electron chi connectivity index (χ3n) is 4.99. The standard InChI is InChI=1S/C24H19F3N2O3S/c25-24(26,27)23(31)14-21(29-32-23)17-6-10-19(11-7-17)33-20-12-8-18(9-13-20)22(30)28-15-16-4-2-1-3-5-16/h1-13,31H,14-15H2,(H,28,30). The molecule has 1 heterocycles. The van der Waals surface area contributed by atoms with Crippen LogP contribution in [-0.2, 0) is 11.4 Å². The Kier molecular flexibility index (Phi) is 6.44. The van der Waals surface area contributed by atoms with E-state index < -0.39 is 18.4 Å². The maximum absolute atomic E-state index is 12.9. The molecule has 1 unspecified atom stereocenters. The molecule has 0 saturated heterocycles. The quantitative estimate of drug-likeness (QED) is 0.521. The highest BCUT2D eigenvalue weighted by Gasteiger charge is 2.60. The number of halogens is 3. The summed E-state index contributed by atoms with van der Waals surface area (Å²) in [6.07, 6.45) is -5.70. The van der Waals surface area contributed by atoms with Crippen molar-refractivity contribution in [2.75, 3.05) is 0 Å². The number of carbonyl (C=O) groups excluding carboxylic acids is 1. The number of benzene rings is 3. The van der Waals surface area contributed by atoms with Crippen LogP contribution in [0.4, 0.5) is 13.2 Å². The van der Waals surface area contributed by atoms with Gasteiger partial charge in [0.15, 0.2) is 0 Å². The molecular formula is C24H19F3N2O3S. The first-order valence-corrected chi connectivity index (χ1v) is 10.8. The first-order valence-electron chi connectivity index (χ1n) is 9.98. The zero-order valence-electron chi connectivity index (χ0n) is 17.2. The molecule has 2 N–H and O–H groups in total. The fourth-order valence-electron chi connectivity index (χ4n) is 3.13. The Morgan fingerprint density at radius 3 is 2.18 bits per heavy atom. The molecule has 0 saturated carbocycles. The maximum atomic E-state index is 12.9. The number of rotatable bonds is 6. The topological polar surface area (TPSA) is 70.9 Å². The summed E-state index contributed by atoms with van der Waals surface area (Å²) in [6, 6.07) is 23.5. The fraction of sp³-hybridized carbons (Fsp3) is 0.167. The molecule has 0 bridgehead atoms. The van der Waals surface area contributed by atoms with Crippen LogP contribution in [0.2, 0.25) is 0 Å². The maximum Gasteiger partial charge on any atom is 0.458 e. The second kappa shape index (κ2) is 9.29. The number of hydrogen-bond acceptors (Lipinski definition) is 5. The summed E-state index contributed by atoms with van der Waals surface area (Å²) in [7, 11) is 0. The van der Waals surface area contributed by atoms with Crippen LogP contribution >= 0.6 is 11.8 Å². The second-order valence-corrected chi connectivity index (χ2v) is 8.55. The number of oxime groups is 1. The highest BCUT2D eigenvalue weighted by atomic mass is 32.2. The third-order valence-corrected chi connectivity index (χ3v) is 6.01. The number of carbonyl (C=O) groups is 1. The first kappa shape index (κ1) is 22.9. The lowest BCUT2D eigenvalue weighted by Crippen LogP contribution is -2.45. The molecule has 3 aromatic carbocycles. The van der Waals surface area contributed by atoms with E-state index in [4.69, 9.17) is 0 Å². The summed E-state index contributed by atoms with van der Waals surface area (Å²) in [5.41, 5.74) is 2.02. The fourth-order valence-corrected chi connectivity index (χ4v) is 3.95. The Morgan fingerprint density at radius 1 is 1.00 bits per heavy atom. The molecule has 0 aromatic heterocycles. The van der Waals surface area contributed by atoms with E-state index in [1.54, 1.807) is 36.4 Å². The largest absolute Gasteiger partial charge is 0.458 e. The first-order chi connectivity index (χ1) is 15.7. The molecule has 0 radical (unpaired) electrons. The van der Waals surface area contributed by atoms with Gasteiger partial charge in [-0.15, -0.1) is 0 Å². The predicted octanol–water partition coefficient (Wildman–Crippen LogP) is 5.14. The summed E-state index contributed by atoms with van der Waals surface area (Å²) in [6.45, 7) is 0.444. The number of aliphatic hydroxyl groups is 1. The SMILES string of the molecule is O=C(NCc1ccccc1)c1ccc(Sc2ccc(C3=NOC(O)(C(F)(F)F)C3)cc2)cc1. The van der Waals surface area contributed by atoms with E-state index in [2.05, 4.69) is 15.3 Å². The van der Waals surface area contributed by atoms with Crippen molar-refractivity contribution in [1.82, 2.24) is 5.32 Å². The van der Waals surface area contributed by atoms with Crippen LogP contribution in [0.25, 0.3) is 0 Å². The molecular weight excluding hydrogens is 453 g/mol. The third kappa shape index (κ3) is 5.37. The van der Waals surface area contributed by atoms with Crippen molar-refractivity contribution < 1.29 is 27.9 Å². The van der Waals surface area contributed by atoms with Gasteiger partial charge in [-0.1, -0.05) is 59.4 Å². The molecule has 0 fully saturated rings. The number of nitrogens with one attached hydrogen (secondary N) is 1. The summed E-state index contributed by atoms with van der Waals surface area (Å²) in [4.78, 5) is 18.3. The lowest BCUT2D eigenvalue weighted by Gasteiger charge is -2.22. The number of hydrogen-bond donors (Lipinski definition) is 2. The lowest BCUT2D eigenvalue weighted by atomic mass is 10.0. The average molecular weight is 472 g/mol. The highest BCUT2D eigenvalue weighted by molar-refractivity contribution is 7.99. The van der Waals surface area contributed by atoms with E-state index in [0.717, 1.165) is 15.4 Å². The molecule has 1 atom stereocenters. The number of nitrogens with zero attached hydrogens (tertiary/aromatic N) is 1. The highest BCUT2D eigenvalue weighted by Crippen LogP contribution is 2.39. The van der Waals surface area contributed by atoms with Crippen molar-refractivity contribution in [2.24, 2.45) is 5.16 Å². The molecule has 3 aromatic rings. The Morgan fingerprint density at radius 2 is 1.61 bits per heavy atom. The summed E-state index contributed by atoms with van der Waals surface area (Å²) in [5, 5.41) is 15.8. The molecule has 0 spiro atoms. The van der Waals surface area contributed by atoms with Crippen LogP contribution in [-0.4, -0.2) is 28.7 Å². The van der Waals surface area contributed by atoms with Crippen LogP contribution in [0.1, 0.15) is 27.9 Å². The lowest BCUT2D eigenvalue weighted by molar-refractivity contribution is -0.355. The zero-order valence-corrected chi connectivity index (χ0v) is 18.0. The second-order valence-electron chi connectivity index (χ2n) is 7.41. The molecule has 170 valence electrons. The van der Waals surface area contributed by atoms with Crippen molar-refractivity contribution >= 4 is 23.4 Å². The van der Waals surface area contributed by atoms with Crippen LogP contribution in [0.5, 0.6) is 0 Å². The van der Waals surface area contributed by atoms with E-state index in [1.165, 1.54) is 11.8 Å². The van der Waals surface area contributed by atoms with Crippen molar-refractivity contribution in [1.29, 1.82) is 0 Å². The van der Waals surface area contributed by atoms with E-state index >= 15 is 0 Å². The molecule has 1 amide bonds. The molecule has 5 nitrogen and oxygen atoms in total. The van der Waals surface area contributed by atoms with Gasteiger partial charge in [0.25, 0.3) is 5.91 Å². The molecule has 4 rings (SSSR count). The summed E-state index contributed by atoms with van der Waals surface area (Å²) >= 11 is 1.44. The average Bonchev–Trinajstić information content (AvgIpc) is 3.23. The van der Waals surface area contributed by atoms with Gasteiger partial charge in [0.1, 0.15) is 0 Å². The zero-order chi connectivity index (χ0) is 23.5. The van der Waals surface area contributed by atoms with Gasteiger partial charge in [0.2, 0.25) is 0 Å². The van der Waals surface area contributed by atoms with Crippen LogP contribution in [0.15, 0.2) is 93.8 Å². The van der Waals surface area contributed by atoms with Crippen LogP contribution < -0.4 is 5.32 Å². The Labute approximate surface area is 192 Å². The van der Waals surface area contributed by atoms with Crippen LogP contribution in [0, 0.1) is 0 Å². The minimum Gasteiger partial charge on any atom is -0.350 e. The van der Waals surface area contributed by atoms with Gasteiger partial charge in [0.05, 0.1) is 12.1 Å². The van der Waals surface area contributed by atoms with Gasteiger partial charge < -0.3 is 15.3 Å². The smallest absolute Gasteiger partial charge is 0.350 e. The Hall–Kier alpha value is -3.30. The van der Waals surface area contributed by atoms with Crippen molar-refractivity contribution in [3.63, 3.8) is 0 Å². The van der Waals surface area contributed by atoms with Gasteiger partial charge in [-0.05, 0) is 47.5 Å². The minimum atomic E-state index is -4.93. The predicted molar refractivity (Wildman–Crippen MR) is 118 cm³/mol. The van der Waals surface area contributed by atoms with E-state index in [9.17, 15) is 23.1 Å². The molecule has 9 heteroatoms. The van der Waals surface area contributed by atoms with E-state index in [1.807, 2.05) is 42.5 Å². The van der Waals surface area contributed by atoms with Gasteiger partial charge in [0, 0.05) is 21.9 Å². The summed E-state index contributed by atoms with van der Waals surface area (Å²) < 4.78 is 38.6. The normalized spacial score (nSPS) is 17.9. The van der Waals surface area contributed by atoms with Crippen LogP contribution in [0.3, 0.4) is 0 Å². The molecule has 33 heavy (non-hydrogen) atoms.